The van der Waals surface area contributed by atoms with E-state index in [1.807, 2.05) is 6.07 Å². The molecule has 5 heteroatoms. The molecule has 0 saturated heterocycles. The smallest absolute Gasteiger partial charge is 0.254 e. The van der Waals surface area contributed by atoms with Gasteiger partial charge < -0.3 is 10.4 Å². The zero-order valence-corrected chi connectivity index (χ0v) is 11.2. The maximum Gasteiger partial charge on any atom is 0.254 e. The molecule has 0 saturated carbocycles. The molecule has 1 heterocycles. The van der Waals surface area contributed by atoms with Gasteiger partial charge in [-0.15, -0.1) is 0 Å². The Labute approximate surface area is 119 Å². The summed E-state index contributed by atoms with van der Waals surface area (Å²) in [6.07, 6.45) is 0. The topological polar surface area (TPSA) is 49.3 Å². The number of carbonyl (C=O) groups excluding carboxylic acids is 1. The number of aliphatic hydroxyl groups is 1. The second-order valence-electron chi connectivity index (χ2n) is 4.34. The molecule has 19 heavy (non-hydrogen) atoms. The fraction of sp³-hybridized carbons (Fsp3) is 0.0714. The third-order valence-electron chi connectivity index (χ3n) is 3.18. The predicted molar refractivity (Wildman–Crippen MR) is 73.4 cm³/mol. The quantitative estimate of drug-likeness (QED) is 0.849. The number of fused-ring (bicyclic) bond motifs is 1. The molecule has 0 aliphatic carbocycles. The summed E-state index contributed by atoms with van der Waals surface area (Å²) in [5, 5.41) is 13.9. The second kappa shape index (κ2) is 4.23. The van der Waals surface area contributed by atoms with Gasteiger partial charge in [-0.3, -0.25) is 4.79 Å². The molecular weight excluding hydrogens is 285 g/mol. The van der Waals surface area contributed by atoms with Crippen molar-refractivity contribution < 1.29 is 9.90 Å². The van der Waals surface area contributed by atoms with E-state index in [0.717, 1.165) is 0 Å². The Bertz CT molecular complexity index is 673. The summed E-state index contributed by atoms with van der Waals surface area (Å²) in [6, 6.07) is 11.9. The fourth-order valence-corrected chi connectivity index (χ4v) is 2.57. The molecule has 1 unspecified atom stereocenters. The maximum atomic E-state index is 11.9. The van der Waals surface area contributed by atoms with Crippen LogP contribution in [0.5, 0.6) is 0 Å². The highest BCUT2D eigenvalue weighted by atomic mass is 35.5. The van der Waals surface area contributed by atoms with Crippen LogP contribution in [0.4, 0.5) is 0 Å². The van der Waals surface area contributed by atoms with Gasteiger partial charge in [0.25, 0.3) is 5.91 Å². The van der Waals surface area contributed by atoms with E-state index in [1.54, 1.807) is 24.3 Å². The van der Waals surface area contributed by atoms with E-state index in [-0.39, 0.29) is 10.9 Å². The van der Waals surface area contributed by atoms with Crippen LogP contribution < -0.4 is 5.32 Å². The van der Waals surface area contributed by atoms with Crippen LogP contribution in [-0.4, -0.2) is 11.0 Å². The van der Waals surface area contributed by atoms with Crippen LogP contribution in [0.1, 0.15) is 21.5 Å². The molecule has 2 aromatic carbocycles. The highest BCUT2D eigenvalue weighted by molar-refractivity contribution is 6.42. The number of hydrogen-bond donors (Lipinski definition) is 2. The lowest BCUT2D eigenvalue weighted by atomic mass is 9.94. The first-order valence-electron chi connectivity index (χ1n) is 5.62. The number of nitrogens with one attached hydrogen (secondary N) is 1. The minimum Gasteiger partial charge on any atom is -0.363 e. The molecule has 1 aliphatic heterocycles. The summed E-state index contributed by atoms with van der Waals surface area (Å²) in [6.45, 7) is 0. The van der Waals surface area contributed by atoms with Crippen molar-refractivity contribution in [3.8, 4) is 0 Å². The van der Waals surface area contributed by atoms with Crippen LogP contribution in [0, 0.1) is 0 Å². The average molecular weight is 294 g/mol. The van der Waals surface area contributed by atoms with Crippen LogP contribution in [0.15, 0.2) is 42.5 Å². The summed E-state index contributed by atoms with van der Waals surface area (Å²) in [5.41, 5.74) is -0.249. The number of hydrogen-bond acceptors (Lipinski definition) is 2. The largest absolute Gasteiger partial charge is 0.363 e. The minimum atomic E-state index is -1.57. The van der Waals surface area contributed by atoms with E-state index in [4.69, 9.17) is 23.2 Å². The zero-order chi connectivity index (χ0) is 13.6. The fourth-order valence-electron chi connectivity index (χ4n) is 2.24. The molecule has 2 aromatic rings. The molecule has 0 radical (unpaired) electrons. The number of rotatable bonds is 1. The van der Waals surface area contributed by atoms with Gasteiger partial charge in [-0.05, 0) is 12.1 Å². The van der Waals surface area contributed by atoms with Crippen molar-refractivity contribution in [3.05, 3.63) is 69.2 Å². The number of benzene rings is 2. The molecule has 3 nitrogen and oxygen atoms in total. The summed E-state index contributed by atoms with van der Waals surface area (Å²) in [7, 11) is 0. The van der Waals surface area contributed by atoms with Gasteiger partial charge in [0.15, 0.2) is 5.72 Å². The van der Waals surface area contributed by atoms with Gasteiger partial charge in [0.2, 0.25) is 0 Å². The van der Waals surface area contributed by atoms with Crippen molar-refractivity contribution >= 4 is 29.1 Å². The Kier molecular flexibility index (Phi) is 2.78. The summed E-state index contributed by atoms with van der Waals surface area (Å²) >= 11 is 11.9. The molecular formula is C14H9Cl2NO2. The third kappa shape index (κ3) is 1.82. The summed E-state index contributed by atoms with van der Waals surface area (Å²) < 4.78 is 0. The SMILES string of the molecule is O=C1NC(O)(c2ccccc2)c2cc(Cl)c(Cl)cc21. The Hall–Kier alpha value is -1.55. The molecule has 0 spiro atoms. The van der Waals surface area contributed by atoms with Gasteiger partial charge in [0, 0.05) is 16.7 Å². The standard InChI is InChI=1S/C14H9Cl2NO2/c15-11-6-9-10(7-12(11)16)14(19,17-13(9)18)8-4-2-1-3-5-8/h1-7,19H,(H,17,18). The summed E-state index contributed by atoms with van der Waals surface area (Å²) in [5.74, 6) is -0.375. The summed E-state index contributed by atoms with van der Waals surface area (Å²) in [4.78, 5) is 11.9. The van der Waals surface area contributed by atoms with Crippen LogP contribution >= 0.6 is 23.2 Å². The van der Waals surface area contributed by atoms with Crippen LogP contribution in [0.3, 0.4) is 0 Å². The molecule has 1 amide bonds. The van der Waals surface area contributed by atoms with Crippen molar-refractivity contribution in [1.29, 1.82) is 0 Å². The maximum absolute atomic E-state index is 11.9. The molecule has 2 N–H and O–H groups in total. The normalized spacial score (nSPS) is 21.1. The van der Waals surface area contributed by atoms with Gasteiger partial charge >= 0.3 is 0 Å². The molecule has 1 aliphatic rings. The molecule has 96 valence electrons. The van der Waals surface area contributed by atoms with Gasteiger partial charge in [-0.1, -0.05) is 53.5 Å². The van der Waals surface area contributed by atoms with Crippen LogP contribution in [-0.2, 0) is 5.72 Å². The molecule has 0 aromatic heterocycles. The highest BCUT2D eigenvalue weighted by Gasteiger charge is 2.43. The van der Waals surface area contributed by atoms with Gasteiger partial charge in [-0.25, -0.2) is 0 Å². The minimum absolute atomic E-state index is 0.285. The van der Waals surface area contributed by atoms with E-state index < -0.39 is 5.72 Å². The van der Waals surface area contributed by atoms with Crippen molar-refractivity contribution in [2.75, 3.05) is 0 Å². The van der Waals surface area contributed by atoms with E-state index in [9.17, 15) is 9.90 Å². The van der Waals surface area contributed by atoms with Crippen molar-refractivity contribution in [3.63, 3.8) is 0 Å². The Morgan fingerprint density at radius 1 is 1.05 bits per heavy atom. The zero-order valence-electron chi connectivity index (χ0n) is 9.65. The predicted octanol–water partition coefficient (Wildman–Crippen LogP) is 2.93. The lowest BCUT2D eigenvalue weighted by Gasteiger charge is -2.24. The molecule has 0 bridgehead atoms. The van der Waals surface area contributed by atoms with Crippen molar-refractivity contribution in [2.24, 2.45) is 0 Å². The number of amides is 1. The Morgan fingerprint density at radius 2 is 1.68 bits per heavy atom. The van der Waals surface area contributed by atoms with Crippen LogP contribution in [0.25, 0.3) is 0 Å². The van der Waals surface area contributed by atoms with E-state index in [2.05, 4.69) is 5.32 Å². The number of halogens is 2. The Balaban J connectivity index is 2.24. The Morgan fingerprint density at radius 3 is 2.37 bits per heavy atom. The van der Waals surface area contributed by atoms with E-state index in [0.29, 0.717) is 21.7 Å². The molecule has 0 fully saturated rings. The lowest BCUT2D eigenvalue weighted by Crippen LogP contribution is -2.40. The first-order chi connectivity index (χ1) is 9.02. The third-order valence-corrected chi connectivity index (χ3v) is 3.90. The second-order valence-corrected chi connectivity index (χ2v) is 5.16. The van der Waals surface area contributed by atoms with E-state index in [1.165, 1.54) is 12.1 Å². The molecule has 3 rings (SSSR count). The van der Waals surface area contributed by atoms with Crippen molar-refractivity contribution in [2.45, 2.75) is 5.72 Å². The monoisotopic (exact) mass is 293 g/mol. The van der Waals surface area contributed by atoms with E-state index >= 15 is 0 Å². The van der Waals surface area contributed by atoms with Gasteiger partial charge in [-0.2, -0.15) is 0 Å². The van der Waals surface area contributed by atoms with Gasteiger partial charge in [0.05, 0.1) is 10.0 Å². The number of carbonyl (C=O) groups is 1. The molecule has 1 atom stereocenters. The van der Waals surface area contributed by atoms with Crippen LogP contribution in [0.2, 0.25) is 10.0 Å². The first kappa shape index (κ1) is 12.5. The highest BCUT2D eigenvalue weighted by Crippen LogP contribution is 2.38. The average Bonchev–Trinajstić information content (AvgIpc) is 2.65. The van der Waals surface area contributed by atoms with Crippen molar-refractivity contribution in [1.82, 2.24) is 5.32 Å². The lowest BCUT2D eigenvalue weighted by molar-refractivity contribution is 0.0476. The van der Waals surface area contributed by atoms with Gasteiger partial charge in [0.1, 0.15) is 0 Å². The first-order valence-corrected chi connectivity index (χ1v) is 6.38.